The first-order valence-corrected chi connectivity index (χ1v) is 8.85. The number of ether oxygens (including phenoxy) is 2. The van der Waals surface area contributed by atoms with Crippen LogP contribution in [0.25, 0.3) is 10.9 Å². The third kappa shape index (κ3) is 3.70. The molecule has 6 heteroatoms. The summed E-state index contributed by atoms with van der Waals surface area (Å²) in [5.41, 5.74) is 1.81. The number of nitrogens with one attached hydrogen (secondary N) is 2. The zero-order chi connectivity index (χ0) is 17.8. The second-order valence-electron chi connectivity index (χ2n) is 6.28. The molecule has 6 nitrogen and oxygen atoms in total. The minimum absolute atomic E-state index is 0.252. The number of hydrogen-bond acceptors (Lipinski definition) is 6. The lowest BCUT2D eigenvalue weighted by Gasteiger charge is -2.14. The van der Waals surface area contributed by atoms with Crippen LogP contribution in [0.2, 0.25) is 0 Å². The molecule has 1 fully saturated rings. The lowest BCUT2D eigenvalue weighted by Crippen LogP contribution is -2.19. The van der Waals surface area contributed by atoms with Crippen molar-refractivity contribution in [1.29, 1.82) is 0 Å². The van der Waals surface area contributed by atoms with Crippen molar-refractivity contribution in [2.45, 2.75) is 18.9 Å². The van der Waals surface area contributed by atoms with Gasteiger partial charge in [-0.15, -0.1) is 0 Å². The van der Waals surface area contributed by atoms with E-state index >= 15 is 0 Å². The molecule has 1 aliphatic heterocycles. The number of aromatic nitrogens is 2. The molecule has 0 saturated carbocycles. The monoisotopic (exact) mass is 350 g/mol. The average molecular weight is 350 g/mol. The van der Waals surface area contributed by atoms with E-state index in [9.17, 15) is 0 Å². The van der Waals surface area contributed by atoms with Crippen molar-refractivity contribution >= 4 is 28.4 Å². The number of para-hydroxylation sites is 1. The smallest absolute Gasteiger partial charge is 0.229 e. The Morgan fingerprint density at radius 1 is 1.12 bits per heavy atom. The number of methoxy groups -OCH3 is 1. The molecule has 4 rings (SSSR count). The Morgan fingerprint density at radius 2 is 1.96 bits per heavy atom. The van der Waals surface area contributed by atoms with Gasteiger partial charge >= 0.3 is 0 Å². The topological polar surface area (TPSA) is 68.3 Å². The molecular weight excluding hydrogens is 328 g/mol. The molecule has 0 unspecified atom stereocenters. The summed E-state index contributed by atoms with van der Waals surface area (Å²) in [5, 5.41) is 7.71. The SMILES string of the molecule is COc1ccc(Nc2nc(NC[C@H]3CCCO3)c3ccccc3n2)cc1. The molecule has 0 aliphatic carbocycles. The number of fused-ring (bicyclic) bond motifs is 1. The van der Waals surface area contributed by atoms with Gasteiger partial charge in [0.25, 0.3) is 0 Å². The van der Waals surface area contributed by atoms with Crippen LogP contribution in [0.15, 0.2) is 48.5 Å². The zero-order valence-electron chi connectivity index (χ0n) is 14.7. The predicted octanol–water partition coefficient (Wildman–Crippen LogP) is 3.97. The average Bonchev–Trinajstić information content (AvgIpc) is 3.20. The summed E-state index contributed by atoms with van der Waals surface area (Å²) in [7, 11) is 1.65. The molecule has 2 heterocycles. The Morgan fingerprint density at radius 3 is 2.73 bits per heavy atom. The van der Waals surface area contributed by atoms with Crippen molar-refractivity contribution in [3.8, 4) is 5.75 Å². The lowest BCUT2D eigenvalue weighted by molar-refractivity contribution is 0.120. The molecule has 2 N–H and O–H groups in total. The van der Waals surface area contributed by atoms with E-state index < -0.39 is 0 Å². The van der Waals surface area contributed by atoms with Gasteiger partial charge in [0.1, 0.15) is 11.6 Å². The van der Waals surface area contributed by atoms with Gasteiger partial charge in [-0.2, -0.15) is 4.98 Å². The molecule has 1 aromatic heterocycles. The van der Waals surface area contributed by atoms with Crippen LogP contribution in [0.3, 0.4) is 0 Å². The second kappa shape index (κ2) is 7.58. The van der Waals surface area contributed by atoms with Crippen molar-refractivity contribution in [1.82, 2.24) is 9.97 Å². The first-order valence-electron chi connectivity index (χ1n) is 8.85. The maximum Gasteiger partial charge on any atom is 0.229 e. The van der Waals surface area contributed by atoms with Gasteiger partial charge in [0, 0.05) is 24.2 Å². The summed E-state index contributed by atoms with van der Waals surface area (Å²) in [6.45, 7) is 1.60. The summed E-state index contributed by atoms with van der Waals surface area (Å²) in [6, 6.07) is 15.7. The second-order valence-corrected chi connectivity index (χ2v) is 6.28. The molecule has 26 heavy (non-hydrogen) atoms. The van der Waals surface area contributed by atoms with Gasteiger partial charge in [0.05, 0.1) is 18.7 Å². The quantitative estimate of drug-likeness (QED) is 0.701. The van der Waals surface area contributed by atoms with Gasteiger partial charge in [-0.3, -0.25) is 0 Å². The van der Waals surface area contributed by atoms with E-state index in [4.69, 9.17) is 9.47 Å². The number of benzene rings is 2. The fourth-order valence-electron chi connectivity index (χ4n) is 3.09. The molecule has 1 atom stereocenters. The minimum atomic E-state index is 0.252. The molecule has 134 valence electrons. The Hall–Kier alpha value is -2.86. The number of rotatable bonds is 6. The highest BCUT2D eigenvalue weighted by atomic mass is 16.5. The normalized spacial score (nSPS) is 16.6. The van der Waals surface area contributed by atoms with Crippen LogP contribution in [-0.4, -0.2) is 36.3 Å². The van der Waals surface area contributed by atoms with Crippen LogP contribution in [0.1, 0.15) is 12.8 Å². The van der Waals surface area contributed by atoms with E-state index in [1.54, 1.807) is 7.11 Å². The number of anilines is 3. The molecule has 0 amide bonds. The maximum atomic E-state index is 5.70. The lowest BCUT2D eigenvalue weighted by atomic mass is 10.2. The first-order chi connectivity index (χ1) is 12.8. The first kappa shape index (κ1) is 16.6. The number of hydrogen-bond donors (Lipinski definition) is 2. The van der Waals surface area contributed by atoms with E-state index in [0.29, 0.717) is 5.95 Å². The molecule has 0 spiro atoms. The summed E-state index contributed by atoms with van der Waals surface area (Å²) in [5.74, 6) is 2.19. The van der Waals surface area contributed by atoms with Crippen LogP contribution < -0.4 is 15.4 Å². The van der Waals surface area contributed by atoms with Gasteiger partial charge in [-0.25, -0.2) is 4.98 Å². The van der Waals surface area contributed by atoms with Crippen molar-refractivity contribution in [2.24, 2.45) is 0 Å². The van der Waals surface area contributed by atoms with Gasteiger partial charge in [-0.05, 0) is 49.2 Å². The summed E-state index contributed by atoms with van der Waals surface area (Å²) in [4.78, 5) is 9.31. The van der Waals surface area contributed by atoms with Crippen LogP contribution in [0.5, 0.6) is 5.75 Å². The largest absolute Gasteiger partial charge is 0.497 e. The summed E-state index contributed by atoms with van der Waals surface area (Å²) >= 11 is 0. The Labute approximate surface area is 152 Å². The van der Waals surface area contributed by atoms with Crippen LogP contribution >= 0.6 is 0 Å². The third-order valence-corrected chi connectivity index (χ3v) is 4.47. The fraction of sp³-hybridized carbons (Fsp3) is 0.300. The van der Waals surface area contributed by atoms with Crippen molar-refractivity contribution < 1.29 is 9.47 Å². The Kier molecular flexibility index (Phi) is 4.84. The third-order valence-electron chi connectivity index (χ3n) is 4.47. The van der Waals surface area contributed by atoms with Gasteiger partial charge in [0.2, 0.25) is 5.95 Å². The highest BCUT2D eigenvalue weighted by Crippen LogP contribution is 2.25. The van der Waals surface area contributed by atoms with Crippen molar-refractivity contribution in [3.05, 3.63) is 48.5 Å². The molecule has 3 aromatic rings. The van der Waals surface area contributed by atoms with E-state index in [-0.39, 0.29) is 6.10 Å². The molecule has 0 radical (unpaired) electrons. The van der Waals surface area contributed by atoms with E-state index in [1.807, 2.05) is 48.5 Å². The maximum absolute atomic E-state index is 5.70. The predicted molar refractivity (Wildman–Crippen MR) is 103 cm³/mol. The van der Waals surface area contributed by atoms with E-state index in [2.05, 4.69) is 20.6 Å². The van der Waals surface area contributed by atoms with Crippen molar-refractivity contribution in [2.75, 3.05) is 30.9 Å². The van der Waals surface area contributed by atoms with Crippen LogP contribution in [-0.2, 0) is 4.74 Å². The number of nitrogens with zero attached hydrogens (tertiary/aromatic N) is 2. The highest BCUT2D eigenvalue weighted by Gasteiger charge is 2.16. The minimum Gasteiger partial charge on any atom is -0.497 e. The Balaban J connectivity index is 1.59. The standard InChI is InChI=1S/C20H22N4O2/c1-25-15-10-8-14(9-11-15)22-20-23-18-7-3-2-6-17(18)19(24-20)21-13-16-5-4-12-26-16/h2-3,6-11,16H,4-5,12-13H2,1H3,(H2,21,22,23,24)/t16-/m1/s1. The van der Waals surface area contributed by atoms with Crippen molar-refractivity contribution in [3.63, 3.8) is 0 Å². The zero-order valence-corrected chi connectivity index (χ0v) is 14.7. The Bertz CT molecular complexity index is 877. The fourth-order valence-corrected chi connectivity index (χ4v) is 3.09. The molecule has 0 bridgehead atoms. The van der Waals surface area contributed by atoms with Gasteiger partial charge in [-0.1, -0.05) is 12.1 Å². The van der Waals surface area contributed by atoms with E-state index in [0.717, 1.165) is 54.2 Å². The van der Waals surface area contributed by atoms with Crippen LogP contribution in [0.4, 0.5) is 17.5 Å². The van der Waals surface area contributed by atoms with Crippen LogP contribution in [0, 0.1) is 0 Å². The molecule has 1 saturated heterocycles. The summed E-state index contributed by atoms with van der Waals surface area (Å²) in [6.07, 6.45) is 2.47. The van der Waals surface area contributed by atoms with Gasteiger partial charge in [0.15, 0.2) is 0 Å². The van der Waals surface area contributed by atoms with Gasteiger partial charge < -0.3 is 20.1 Å². The highest BCUT2D eigenvalue weighted by molar-refractivity contribution is 5.90. The van der Waals surface area contributed by atoms with E-state index in [1.165, 1.54) is 0 Å². The molecular formula is C20H22N4O2. The molecule has 2 aromatic carbocycles. The summed E-state index contributed by atoms with van der Waals surface area (Å²) < 4.78 is 10.9. The molecule has 1 aliphatic rings.